The van der Waals surface area contributed by atoms with E-state index < -0.39 is 0 Å². The first kappa shape index (κ1) is 19.0. The molecule has 2 aliphatic rings. The Morgan fingerprint density at radius 2 is 1.05 bits per heavy atom. The fourth-order valence-electron chi connectivity index (χ4n) is 3.84. The van der Waals surface area contributed by atoms with Crippen LogP contribution in [0.3, 0.4) is 0 Å². The van der Waals surface area contributed by atoms with Crippen LogP contribution in [-0.2, 0) is 0 Å². The molecule has 0 N–H and O–H groups in total. The quantitative estimate of drug-likeness (QED) is 0.356. The first-order valence-electron chi connectivity index (χ1n) is 9.64. The monoisotopic (exact) mass is 344 g/mol. The molecule has 0 aromatic heterocycles. The summed E-state index contributed by atoms with van der Waals surface area (Å²) in [7, 11) is 0. The van der Waals surface area contributed by atoms with Gasteiger partial charge in [-0.3, -0.25) is 0 Å². The second kappa shape index (κ2) is 11.2. The SMILES string of the molecule is CCCN(SCCSN(CCC)C1CCCC1)C1CCCC1. The smallest absolute Gasteiger partial charge is 0.0202 e. The normalized spacial score (nSPS) is 20.7. The topological polar surface area (TPSA) is 6.48 Å². The van der Waals surface area contributed by atoms with Crippen molar-refractivity contribution in [1.82, 2.24) is 8.61 Å². The molecular formula is C18H36N2S2. The molecule has 0 heterocycles. The van der Waals surface area contributed by atoms with Gasteiger partial charge in [-0.25, -0.2) is 8.61 Å². The van der Waals surface area contributed by atoms with E-state index in [0.29, 0.717) is 0 Å². The lowest BCUT2D eigenvalue weighted by atomic mass is 10.2. The molecule has 0 bridgehead atoms. The van der Waals surface area contributed by atoms with Crippen LogP contribution in [0.4, 0.5) is 0 Å². The van der Waals surface area contributed by atoms with E-state index >= 15 is 0 Å². The van der Waals surface area contributed by atoms with Crippen LogP contribution >= 0.6 is 23.9 Å². The molecule has 22 heavy (non-hydrogen) atoms. The van der Waals surface area contributed by atoms with Crippen LogP contribution < -0.4 is 0 Å². The van der Waals surface area contributed by atoms with Crippen molar-refractivity contribution < 1.29 is 0 Å². The van der Waals surface area contributed by atoms with E-state index in [-0.39, 0.29) is 0 Å². The molecule has 0 unspecified atom stereocenters. The van der Waals surface area contributed by atoms with E-state index in [1.54, 1.807) is 0 Å². The van der Waals surface area contributed by atoms with Crippen molar-refractivity contribution in [1.29, 1.82) is 0 Å². The Hall–Kier alpha value is 0.620. The lowest BCUT2D eigenvalue weighted by molar-refractivity contribution is 0.355. The van der Waals surface area contributed by atoms with E-state index in [2.05, 4.69) is 46.4 Å². The molecule has 2 nitrogen and oxygen atoms in total. The van der Waals surface area contributed by atoms with Crippen molar-refractivity contribution in [2.24, 2.45) is 0 Å². The van der Waals surface area contributed by atoms with Crippen LogP contribution in [0.2, 0.25) is 0 Å². The van der Waals surface area contributed by atoms with Gasteiger partial charge in [0.05, 0.1) is 0 Å². The molecule has 2 saturated carbocycles. The number of hydrogen-bond acceptors (Lipinski definition) is 4. The van der Waals surface area contributed by atoms with Crippen molar-refractivity contribution in [3.63, 3.8) is 0 Å². The van der Waals surface area contributed by atoms with Crippen LogP contribution in [0.5, 0.6) is 0 Å². The Bertz CT molecular complexity index is 248. The standard InChI is InChI=1S/C18H36N2S2/c1-3-13-19(17-9-5-6-10-17)21-15-16-22-20(14-4-2)18-11-7-8-12-18/h17-18H,3-16H2,1-2H3. The van der Waals surface area contributed by atoms with Crippen molar-refractivity contribution in [3.8, 4) is 0 Å². The summed E-state index contributed by atoms with van der Waals surface area (Å²) in [4.78, 5) is 0. The van der Waals surface area contributed by atoms with Gasteiger partial charge in [0.15, 0.2) is 0 Å². The fraction of sp³-hybridized carbons (Fsp3) is 1.00. The summed E-state index contributed by atoms with van der Waals surface area (Å²) < 4.78 is 5.43. The maximum Gasteiger partial charge on any atom is 0.0202 e. The molecule has 2 aliphatic carbocycles. The first-order chi connectivity index (χ1) is 10.8. The molecule has 0 saturated heterocycles. The van der Waals surface area contributed by atoms with Gasteiger partial charge in [-0.1, -0.05) is 63.4 Å². The molecule has 0 radical (unpaired) electrons. The highest BCUT2D eigenvalue weighted by molar-refractivity contribution is 8.00. The predicted molar refractivity (Wildman–Crippen MR) is 103 cm³/mol. The minimum absolute atomic E-state index is 0.872. The molecule has 2 rings (SSSR count). The van der Waals surface area contributed by atoms with Gasteiger partial charge in [0.1, 0.15) is 0 Å². The van der Waals surface area contributed by atoms with Crippen LogP contribution in [0.15, 0.2) is 0 Å². The van der Waals surface area contributed by atoms with Gasteiger partial charge in [-0.05, 0) is 38.5 Å². The van der Waals surface area contributed by atoms with Crippen LogP contribution in [0.25, 0.3) is 0 Å². The van der Waals surface area contributed by atoms with Crippen molar-refractivity contribution >= 4 is 23.9 Å². The lowest BCUT2D eigenvalue weighted by Gasteiger charge is -2.29. The molecule has 130 valence electrons. The van der Waals surface area contributed by atoms with Gasteiger partial charge in [-0.15, -0.1) is 0 Å². The van der Waals surface area contributed by atoms with Gasteiger partial charge in [0.25, 0.3) is 0 Å². The highest BCUT2D eigenvalue weighted by Crippen LogP contribution is 2.31. The zero-order valence-electron chi connectivity index (χ0n) is 14.8. The van der Waals surface area contributed by atoms with E-state index in [1.807, 2.05) is 0 Å². The van der Waals surface area contributed by atoms with Crippen LogP contribution in [-0.4, -0.2) is 45.3 Å². The van der Waals surface area contributed by atoms with Crippen molar-refractivity contribution in [3.05, 3.63) is 0 Å². The van der Waals surface area contributed by atoms with Gasteiger partial charge in [0, 0.05) is 36.7 Å². The molecule has 0 aromatic rings. The first-order valence-corrected chi connectivity index (χ1v) is 11.5. The third-order valence-electron chi connectivity index (χ3n) is 4.95. The van der Waals surface area contributed by atoms with E-state index in [9.17, 15) is 0 Å². The van der Waals surface area contributed by atoms with Crippen molar-refractivity contribution in [2.45, 2.75) is 90.1 Å². The fourth-order valence-corrected chi connectivity index (χ4v) is 6.37. The summed E-state index contributed by atoms with van der Waals surface area (Å²) in [5.41, 5.74) is 0. The Morgan fingerprint density at radius 1 is 0.682 bits per heavy atom. The van der Waals surface area contributed by atoms with E-state index in [1.165, 1.54) is 88.8 Å². The number of nitrogens with zero attached hydrogens (tertiary/aromatic N) is 2. The maximum absolute atomic E-state index is 2.72. The minimum atomic E-state index is 0.872. The second-order valence-corrected chi connectivity index (χ2v) is 9.10. The Labute approximate surface area is 147 Å². The molecule has 0 amide bonds. The summed E-state index contributed by atoms with van der Waals surface area (Å²) in [5, 5.41) is 0. The maximum atomic E-state index is 2.72. The third-order valence-corrected chi connectivity index (χ3v) is 7.61. The zero-order chi connectivity index (χ0) is 15.6. The summed E-state index contributed by atoms with van der Waals surface area (Å²) in [5.74, 6) is 2.57. The molecule has 2 fully saturated rings. The molecule has 0 aliphatic heterocycles. The van der Waals surface area contributed by atoms with Gasteiger partial charge >= 0.3 is 0 Å². The minimum Gasteiger partial charge on any atom is -0.248 e. The Morgan fingerprint density at radius 3 is 1.36 bits per heavy atom. The molecular weight excluding hydrogens is 308 g/mol. The van der Waals surface area contributed by atoms with E-state index in [0.717, 1.165) is 12.1 Å². The van der Waals surface area contributed by atoms with Crippen molar-refractivity contribution in [2.75, 3.05) is 24.6 Å². The molecule has 0 aromatic carbocycles. The number of hydrogen-bond donors (Lipinski definition) is 0. The molecule has 0 atom stereocenters. The highest BCUT2D eigenvalue weighted by atomic mass is 32.2. The van der Waals surface area contributed by atoms with Gasteiger partial charge in [0.2, 0.25) is 0 Å². The Kier molecular flexibility index (Phi) is 9.67. The zero-order valence-corrected chi connectivity index (χ0v) is 16.4. The lowest BCUT2D eigenvalue weighted by Crippen LogP contribution is -2.30. The number of rotatable bonds is 11. The second-order valence-electron chi connectivity index (χ2n) is 6.82. The molecule has 4 heteroatoms. The van der Waals surface area contributed by atoms with E-state index in [4.69, 9.17) is 0 Å². The summed E-state index contributed by atoms with van der Waals surface area (Å²) in [6, 6.07) is 1.74. The third kappa shape index (κ3) is 6.26. The average molecular weight is 345 g/mol. The predicted octanol–water partition coefficient (Wildman–Crippen LogP) is 5.59. The van der Waals surface area contributed by atoms with Crippen LogP contribution in [0.1, 0.15) is 78.1 Å². The van der Waals surface area contributed by atoms with Crippen LogP contribution in [0, 0.1) is 0 Å². The Balaban J connectivity index is 1.66. The summed E-state index contributed by atoms with van der Waals surface area (Å²) >= 11 is 4.26. The summed E-state index contributed by atoms with van der Waals surface area (Å²) in [6.45, 7) is 7.20. The van der Waals surface area contributed by atoms with Gasteiger partial charge in [-0.2, -0.15) is 0 Å². The largest absolute Gasteiger partial charge is 0.248 e. The summed E-state index contributed by atoms with van der Waals surface area (Å²) in [6.07, 6.45) is 14.1. The molecule has 0 spiro atoms. The van der Waals surface area contributed by atoms with Gasteiger partial charge < -0.3 is 0 Å². The highest BCUT2D eigenvalue weighted by Gasteiger charge is 2.24. The average Bonchev–Trinajstić information content (AvgIpc) is 3.22.